The lowest BCUT2D eigenvalue weighted by Gasteiger charge is -1.91. The maximum absolute atomic E-state index is 10.1. The first kappa shape index (κ1) is 19.3. The lowest BCUT2D eigenvalue weighted by Crippen LogP contribution is -1.77. The molecule has 0 heterocycles. The van der Waals surface area contributed by atoms with E-state index in [0.29, 0.717) is 11.8 Å². The Morgan fingerprint density at radius 1 is 1.07 bits per heavy atom. The summed E-state index contributed by atoms with van der Waals surface area (Å²) in [5, 5.41) is 8.88. The van der Waals surface area contributed by atoms with Crippen molar-refractivity contribution in [3.05, 3.63) is 29.8 Å². The number of rotatable bonds is 1. The van der Waals surface area contributed by atoms with Gasteiger partial charge in [-0.3, -0.25) is 4.79 Å². The van der Waals surface area contributed by atoms with Crippen molar-refractivity contribution in [1.82, 2.24) is 0 Å². The quantitative estimate of drug-likeness (QED) is 0.705. The normalized spacial score (nSPS) is 6.53. The Morgan fingerprint density at radius 3 is 1.73 bits per heavy atom. The van der Waals surface area contributed by atoms with Crippen molar-refractivity contribution in [2.75, 3.05) is 7.05 Å². The minimum absolute atomic E-state index is 0.0347. The van der Waals surface area contributed by atoms with Gasteiger partial charge in [0.15, 0.2) is 6.29 Å². The van der Waals surface area contributed by atoms with Gasteiger partial charge in [-0.25, -0.2) is 0 Å². The molecular weight excluding hydrogens is 190 g/mol. The number of aromatic hydroxyl groups is 1. The number of benzene rings is 1. The summed E-state index contributed by atoms with van der Waals surface area (Å²) in [5.74, 6) is 0.0347. The molecule has 0 aromatic heterocycles. The van der Waals surface area contributed by atoms with E-state index >= 15 is 0 Å². The van der Waals surface area contributed by atoms with Crippen LogP contribution in [-0.4, -0.2) is 18.4 Å². The van der Waals surface area contributed by atoms with Crippen LogP contribution in [0.5, 0.6) is 5.75 Å². The highest BCUT2D eigenvalue weighted by Gasteiger charge is 1.93. The largest absolute Gasteiger partial charge is 0.507 e. The number of carbonyl (C=O) groups is 1. The zero-order chi connectivity index (χ0) is 12.7. The zero-order valence-corrected chi connectivity index (χ0v) is 10.3. The first-order valence-electron chi connectivity index (χ1n) is 5.15. The molecule has 1 rings (SSSR count). The third-order valence-corrected chi connectivity index (χ3v) is 1.06. The van der Waals surface area contributed by atoms with Crippen LogP contribution in [0.4, 0.5) is 0 Å². The fourth-order valence-corrected chi connectivity index (χ4v) is 0.587. The summed E-state index contributed by atoms with van der Waals surface area (Å²) in [5.41, 5.74) is 4.83. The summed E-state index contributed by atoms with van der Waals surface area (Å²) < 4.78 is 0. The van der Waals surface area contributed by atoms with E-state index in [9.17, 15) is 4.79 Å². The Labute approximate surface area is 92.9 Å². The first-order chi connectivity index (χ1) is 7.34. The standard InChI is InChI=1S/C7H6O2.2C2H6.CH5N/c8-5-6-3-1-2-4-7(6)9;3*1-2/h1-5,9H;2*1-2H3;2H2,1H3. The average molecular weight is 213 g/mol. The minimum atomic E-state index is 0.0347. The lowest BCUT2D eigenvalue weighted by molar-refractivity contribution is 0.112. The van der Waals surface area contributed by atoms with E-state index in [1.165, 1.54) is 13.1 Å². The van der Waals surface area contributed by atoms with Gasteiger partial charge in [0.05, 0.1) is 5.56 Å². The van der Waals surface area contributed by atoms with Crippen molar-refractivity contribution in [2.45, 2.75) is 27.7 Å². The van der Waals surface area contributed by atoms with Gasteiger partial charge in [-0.15, -0.1) is 0 Å². The van der Waals surface area contributed by atoms with Crippen LogP contribution >= 0.6 is 0 Å². The van der Waals surface area contributed by atoms with Crippen molar-refractivity contribution < 1.29 is 9.90 Å². The summed E-state index contributed by atoms with van der Waals surface area (Å²) in [6.07, 6.45) is 0.620. The molecule has 0 aliphatic carbocycles. The highest BCUT2D eigenvalue weighted by molar-refractivity contribution is 5.78. The van der Waals surface area contributed by atoms with E-state index < -0.39 is 0 Å². The van der Waals surface area contributed by atoms with Crippen molar-refractivity contribution in [3.8, 4) is 5.75 Å². The van der Waals surface area contributed by atoms with Gasteiger partial charge in [-0.2, -0.15) is 0 Å². The molecule has 0 unspecified atom stereocenters. The Kier molecular flexibility index (Phi) is 23.7. The highest BCUT2D eigenvalue weighted by Crippen LogP contribution is 2.11. The topological polar surface area (TPSA) is 63.3 Å². The number of nitrogens with two attached hydrogens (primary N) is 1. The lowest BCUT2D eigenvalue weighted by atomic mass is 10.2. The fraction of sp³-hybridized carbons (Fsp3) is 0.417. The van der Waals surface area contributed by atoms with E-state index in [0.717, 1.165) is 0 Å². The molecule has 1 aromatic carbocycles. The molecule has 0 saturated heterocycles. The molecule has 0 spiro atoms. The predicted molar refractivity (Wildman–Crippen MR) is 66.3 cm³/mol. The van der Waals surface area contributed by atoms with Gasteiger partial charge in [-0.05, 0) is 19.2 Å². The van der Waals surface area contributed by atoms with Gasteiger partial charge in [-0.1, -0.05) is 39.8 Å². The van der Waals surface area contributed by atoms with Gasteiger partial charge >= 0.3 is 0 Å². The number of phenolic OH excluding ortho intramolecular Hbond substituents is 1. The van der Waals surface area contributed by atoms with Crippen LogP contribution < -0.4 is 5.73 Å². The Morgan fingerprint density at radius 2 is 1.47 bits per heavy atom. The molecule has 0 saturated carbocycles. The summed E-state index contributed by atoms with van der Waals surface area (Å²) in [4.78, 5) is 10.1. The fourth-order valence-electron chi connectivity index (χ4n) is 0.587. The average Bonchev–Trinajstić information content (AvgIpc) is 2.37. The molecule has 0 aliphatic rings. The molecule has 0 radical (unpaired) electrons. The predicted octanol–water partition coefficient (Wildman–Crippen LogP) is 2.83. The van der Waals surface area contributed by atoms with E-state index in [1.54, 1.807) is 18.2 Å². The van der Waals surface area contributed by atoms with Gasteiger partial charge < -0.3 is 10.8 Å². The van der Waals surface area contributed by atoms with Crippen LogP contribution in [0.15, 0.2) is 24.3 Å². The second-order valence-electron chi connectivity index (χ2n) is 1.68. The molecule has 3 N–H and O–H groups in total. The van der Waals surface area contributed by atoms with Crippen molar-refractivity contribution in [2.24, 2.45) is 5.73 Å². The molecule has 88 valence electrons. The van der Waals surface area contributed by atoms with Crippen molar-refractivity contribution in [1.29, 1.82) is 0 Å². The Bertz CT molecular complexity index is 225. The number of hydrogen-bond donors (Lipinski definition) is 2. The summed E-state index contributed by atoms with van der Waals surface area (Å²) in [7, 11) is 1.50. The van der Waals surface area contributed by atoms with Crippen molar-refractivity contribution >= 4 is 6.29 Å². The van der Waals surface area contributed by atoms with Gasteiger partial charge in [0.1, 0.15) is 5.75 Å². The molecule has 0 bridgehead atoms. The van der Waals surface area contributed by atoms with Crippen LogP contribution in [0, 0.1) is 0 Å². The summed E-state index contributed by atoms with van der Waals surface area (Å²) >= 11 is 0. The van der Waals surface area contributed by atoms with Crippen LogP contribution in [0.1, 0.15) is 38.1 Å². The third-order valence-electron chi connectivity index (χ3n) is 1.06. The van der Waals surface area contributed by atoms with E-state index in [4.69, 9.17) is 5.11 Å². The molecule has 0 amide bonds. The Balaban J connectivity index is -0.000000208. The second-order valence-corrected chi connectivity index (χ2v) is 1.68. The SMILES string of the molecule is CC.CC.CN.O=Cc1ccccc1O. The summed E-state index contributed by atoms with van der Waals surface area (Å²) in [6.45, 7) is 8.00. The maximum Gasteiger partial charge on any atom is 0.153 e. The molecule has 15 heavy (non-hydrogen) atoms. The minimum Gasteiger partial charge on any atom is -0.507 e. The number of phenols is 1. The maximum atomic E-state index is 10.1. The van der Waals surface area contributed by atoms with E-state index in [-0.39, 0.29) is 5.75 Å². The highest BCUT2D eigenvalue weighted by atomic mass is 16.3. The molecule has 0 fully saturated rings. The van der Waals surface area contributed by atoms with E-state index in [2.05, 4.69) is 5.73 Å². The van der Waals surface area contributed by atoms with Crippen LogP contribution in [-0.2, 0) is 0 Å². The monoisotopic (exact) mass is 213 g/mol. The molecule has 1 aromatic rings. The molecule has 3 nitrogen and oxygen atoms in total. The smallest absolute Gasteiger partial charge is 0.153 e. The molecular formula is C12H23NO2. The van der Waals surface area contributed by atoms with Crippen LogP contribution in [0.25, 0.3) is 0 Å². The molecule has 3 heteroatoms. The van der Waals surface area contributed by atoms with Crippen molar-refractivity contribution in [3.63, 3.8) is 0 Å². The number of carbonyl (C=O) groups excluding carboxylic acids is 1. The Hall–Kier alpha value is -1.35. The zero-order valence-electron chi connectivity index (χ0n) is 10.3. The summed E-state index contributed by atoms with van der Waals surface area (Å²) in [6, 6.07) is 6.40. The van der Waals surface area contributed by atoms with E-state index in [1.807, 2.05) is 27.7 Å². The van der Waals surface area contributed by atoms with Gasteiger partial charge in [0, 0.05) is 0 Å². The van der Waals surface area contributed by atoms with Crippen LogP contribution in [0.2, 0.25) is 0 Å². The second kappa shape index (κ2) is 18.4. The van der Waals surface area contributed by atoms with Gasteiger partial charge in [0.2, 0.25) is 0 Å². The van der Waals surface area contributed by atoms with Crippen LogP contribution in [0.3, 0.4) is 0 Å². The number of aldehydes is 1. The van der Waals surface area contributed by atoms with Gasteiger partial charge in [0.25, 0.3) is 0 Å². The number of para-hydroxylation sites is 1. The molecule has 0 atom stereocenters. The third kappa shape index (κ3) is 10.6. The molecule has 0 aliphatic heterocycles. The first-order valence-corrected chi connectivity index (χ1v) is 5.15. The number of hydrogen-bond acceptors (Lipinski definition) is 3.